The van der Waals surface area contributed by atoms with E-state index in [1.165, 1.54) is 38.5 Å². The molecule has 1 aliphatic carbocycles. The Morgan fingerprint density at radius 1 is 1.31 bits per heavy atom. The van der Waals surface area contributed by atoms with Gasteiger partial charge in [0.05, 0.1) is 0 Å². The Morgan fingerprint density at radius 2 is 2.08 bits per heavy atom. The van der Waals surface area contributed by atoms with Crippen LogP contribution in [0.2, 0.25) is 0 Å². The van der Waals surface area contributed by atoms with Crippen molar-refractivity contribution in [2.45, 2.75) is 51.5 Å². The van der Waals surface area contributed by atoms with Crippen molar-refractivity contribution in [1.82, 2.24) is 0 Å². The highest BCUT2D eigenvalue weighted by Gasteiger charge is 2.20. The van der Waals surface area contributed by atoms with Crippen molar-refractivity contribution in [1.29, 1.82) is 0 Å². The zero-order chi connectivity index (χ0) is 9.52. The van der Waals surface area contributed by atoms with E-state index in [0.29, 0.717) is 6.04 Å². The lowest BCUT2D eigenvalue weighted by Gasteiger charge is -2.28. The average Bonchev–Trinajstić information content (AvgIpc) is 2.15. The summed E-state index contributed by atoms with van der Waals surface area (Å²) >= 11 is 0. The van der Waals surface area contributed by atoms with Gasteiger partial charge in [-0.05, 0) is 38.5 Å². The highest BCUT2D eigenvalue weighted by molar-refractivity contribution is 4.77. The molecule has 1 rings (SSSR count). The van der Waals surface area contributed by atoms with Crippen molar-refractivity contribution in [3.63, 3.8) is 0 Å². The van der Waals surface area contributed by atoms with Gasteiger partial charge in [-0.1, -0.05) is 12.8 Å². The molecule has 0 aromatic carbocycles. The van der Waals surface area contributed by atoms with E-state index < -0.39 is 0 Å². The van der Waals surface area contributed by atoms with Crippen LogP contribution in [0.4, 0.5) is 0 Å². The zero-order valence-electron chi connectivity index (χ0n) is 8.80. The number of hydrogen-bond acceptors (Lipinski definition) is 2. The molecule has 0 aromatic heterocycles. The van der Waals surface area contributed by atoms with Crippen LogP contribution in [-0.4, -0.2) is 19.3 Å². The van der Waals surface area contributed by atoms with Crippen molar-refractivity contribution < 1.29 is 4.74 Å². The molecule has 2 heteroatoms. The Balaban J connectivity index is 2.05. The number of rotatable bonds is 5. The lowest BCUT2D eigenvalue weighted by molar-refractivity contribution is 0.135. The summed E-state index contributed by atoms with van der Waals surface area (Å²) in [4.78, 5) is 0. The molecular formula is C11H23NO. The average molecular weight is 185 g/mol. The molecule has 1 fully saturated rings. The van der Waals surface area contributed by atoms with Gasteiger partial charge in [0.15, 0.2) is 0 Å². The van der Waals surface area contributed by atoms with Crippen LogP contribution in [0.3, 0.4) is 0 Å². The summed E-state index contributed by atoms with van der Waals surface area (Å²) in [5.74, 6) is 0.772. The van der Waals surface area contributed by atoms with Gasteiger partial charge in [0.1, 0.15) is 0 Å². The van der Waals surface area contributed by atoms with Gasteiger partial charge < -0.3 is 10.5 Å². The van der Waals surface area contributed by atoms with Crippen LogP contribution >= 0.6 is 0 Å². The first-order valence-corrected chi connectivity index (χ1v) is 5.68. The lowest BCUT2D eigenvalue weighted by atomic mass is 9.82. The van der Waals surface area contributed by atoms with Gasteiger partial charge in [0.25, 0.3) is 0 Å². The minimum Gasteiger partial charge on any atom is -0.382 e. The molecule has 0 amide bonds. The first-order valence-electron chi connectivity index (χ1n) is 5.68. The van der Waals surface area contributed by atoms with Crippen molar-refractivity contribution in [3.8, 4) is 0 Å². The fourth-order valence-electron chi connectivity index (χ4n) is 2.19. The number of nitrogens with two attached hydrogens (primary N) is 1. The van der Waals surface area contributed by atoms with E-state index in [4.69, 9.17) is 10.5 Å². The van der Waals surface area contributed by atoms with Crippen LogP contribution in [0, 0.1) is 5.92 Å². The molecule has 0 saturated heterocycles. The molecule has 2 unspecified atom stereocenters. The van der Waals surface area contributed by atoms with E-state index in [1.807, 2.05) is 6.92 Å². The summed E-state index contributed by atoms with van der Waals surface area (Å²) in [6.45, 7) is 3.81. The summed E-state index contributed by atoms with van der Waals surface area (Å²) in [6, 6.07) is 0.468. The molecule has 13 heavy (non-hydrogen) atoms. The highest BCUT2D eigenvalue weighted by atomic mass is 16.5. The standard InChI is InChI=1S/C11H23NO/c1-2-13-9-5-7-10-6-3-4-8-11(10)12/h10-11H,2-9,12H2,1H3. The summed E-state index contributed by atoms with van der Waals surface area (Å²) in [5, 5.41) is 0. The molecule has 0 aromatic rings. The van der Waals surface area contributed by atoms with Crippen LogP contribution < -0.4 is 5.73 Å². The van der Waals surface area contributed by atoms with E-state index in [-0.39, 0.29) is 0 Å². The Hall–Kier alpha value is -0.0800. The largest absolute Gasteiger partial charge is 0.382 e. The van der Waals surface area contributed by atoms with Crippen LogP contribution in [0.1, 0.15) is 45.4 Å². The maximum atomic E-state index is 6.05. The van der Waals surface area contributed by atoms with Crippen LogP contribution in [0.5, 0.6) is 0 Å². The Morgan fingerprint density at radius 3 is 2.77 bits per heavy atom. The molecule has 2 N–H and O–H groups in total. The SMILES string of the molecule is CCOCCCC1CCCCC1N. The predicted molar refractivity (Wildman–Crippen MR) is 55.7 cm³/mol. The maximum Gasteiger partial charge on any atom is 0.0466 e. The topological polar surface area (TPSA) is 35.2 Å². The minimum absolute atomic E-state index is 0.468. The summed E-state index contributed by atoms with van der Waals surface area (Å²) in [6.07, 6.45) is 7.75. The molecule has 78 valence electrons. The third kappa shape index (κ3) is 4.10. The molecule has 2 atom stereocenters. The zero-order valence-corrected chi connectivity index (χ0v) is 8.80. The fraction of sp³-hybridized carbons (Fsp3) is 1.00. The van der Waals surface area contributed by atoms with Crippen LogP contribution in [0.15, 0.2) is 0 Å². The van der Waals surface area contributed by atoms with Crippen LogP contribution in [0.25, 0.3) is 0 Å². The molecule has 2 nitrogen and oxygen atoms in total. The van der Waals surface area contributed by atoms with Crippen molar-refractivity contribution in [3.05, 3.63) is 0 Å². The van der Waals surface area contributed by atoms with Crippen molar-refractivity contribution in [2.75, 3.05) is 13.2 Å². The summed E-state index contributed by atoms with van der Waals surface area (Å²) in [5.41, 5.74) is 6.05. The Labute approximate surface area is 81.8 Å². The molecule has 1 saturated carbocycles. The van der Waals surface area contributed by atoms with Gasteiger partial charge in [0, 0.05) is 19.3 Å². The first-order chi connectivity index (χ1) is 6.34. The molecule has 0 aliphatic heterocycles. The van der Waals surface area contributed by atoms with Gasteiger partial charge in [0.2, 0.25) is 0 Å². The van der Waals surface area contributed by atoms with E-state index in [9.17, 15) is 0 Å². The van der Waals surface area contributed by atoms with Gasteiger partial charge in [-0.2, -0.15) is 0 Å². The quantitative estimate of drug-likeness (QED) is 0.667. The third-order valence-corrected chi connectivity index (χ3v) is 3.04. The minimum atomic E-state index is 0.468. The second-order valence-electron chi connectivity index (χ2n) is 4.05. The lowest BCUT2D eigenvalue weighted by Crippen LogP contribution is -2.33. The Bertz CT molecular complexity index is 127. The first kappa shape index (κ1) is 11.0. The maximum absolute atomic E-state index is 6.05. The van der Waals surface area contributed by atoms with E-state index >= 15 is 0 Å². The molecule has 1 aliphatic rings. The second-order valence-corrected chi connectivity index (χ2v) is 4.05. The molecule has 0 bridgehead atoms. The fourth-order valence-corrected chi connectivity index (χ4v) is 2.19. The smallest absolute Gasteiger partial charge is 0.0466 e. The van der Waals surface area contributed by atoms with Gasteiger partial charge >= 0.3 is 0 Å². The summed E-state index contributed by atoms with van der Waals surface area (Å²) in [7, 11) is 0. The van der Waals surface area contributed by atoms with Crippen molar-refractivity contribution >= 4 is 0 Å². The summed E-state index contributed by atoms with van der Waals surface area (Å²) < 4.78 is 5.32. The van der Waals surface area contributed by atoms with Gasteiger partial charge in [-0.15, -0.1) is 0 Å². The number of hydrogen-bond donors (Lipinski definition) is 1. The van der Waals surface area contributed by atoms with Gasteiger partial charge in [-0.25, -0.2) is 0 Å². The number of ether oxygens (including phenoxy) is 1. The normalized spacial score (nSPS) is 29.1. The monoisotopic (exact) mass is 185 g/mol. The van der Waals surface area contributed by atoms with Gasteiger partial charge in [-0.3, -0.25) is 0 Å². The molecule has 0 radical (unpaired) electrons. The molecule has 0 heterocycles. The Kier molecular flexibility index (Phi) is 5.40. The predicted octanol–water partition coefficient (Wildman–Crippen LogP) is 2.32. The second kappa shape index (κ2) is 6.39. The molecule has 0 spiro atoms. The highest BCUT2D eigenvalue weighted by Crippen LogP contribution is 2.26. The third-order valence-electron chi connectivity index (χ3n) is 3.04. The molecular weight excluding hydrogens is 162 g/mol. The van der Waals surface area contributed by atoms with E-state index in [2.05, 4.69) is 0 Å². The van der Waals surface area contributed by atoms with E-state index in [0.717, 1.165) is 19.1 Å². The van der Waals surface area contributed by atoms with Crippen molar-refractivity contribution in [2.24, 2.45) is 11.7 Å². The van der Waals surface area contributed by atoms with Crippen LogP contribution in [-0.2, 0) is 4.74 Å². The van der Waals surface area contributed by atoms with E-state index in [1.54, 1.807) is 0 Å².